The molecule has 1 unspecified atom stereocenters. The van der Waals surface area contributed by atoms with Gasteiger partial charge >= 0.3 is 0 Å². The van der Waals surface area contributed by atoms with Gasteiger partial charge in [0.25, 0.3) is 0 Å². The monoisotopic (exact) mass is 449 g/mol. The van der Waals surface area contributed by atoms with Crippen LogP contribution in [-0.4, -0.2) is 42.6 Å². The Morgan fingerprint density at radius 1 is 1.06 bits per heavy atom. The molecule has 6 heteroatoms. The van der Waals surface area contributed by atoms with Crippen molar-refractivity contribution in [3.8, 4) is 0 Å². The van der Waals surface area contributed by atoms with Gasteiger partial charge in [0, 0.05) is 32.2 Å². The van der Waals surface area contributed by atoms with E-state index >= 15 is 0 Å². The fraction of sp³-hybridized carbons (Fsp3) is 0.593. The van der Waals surface area contributed by atoms with E-state index in [0.29, 0.717) is 12.0 Å². The quantitative estimate of drug-likeness (QED) is 0.611. The van der Waals surface area contributed by atoms with E-state index in [1.807, 2.05) is 18.2 Å². The molecule has 2 aromatic rings. The van der Waals surface area contributed by atoms with Crippen LogP contribution in [0.15, 0.2) is 30.3 Å². The zero-order valence-electron chi connectivity index (χ0n) is 20.4. The lowest BCUT2D eigenvalue weighted by Crippen LogP contribution is -2.36. The third-order valence-corrected chi connectivity index (χ3v) is 7.26. The van der Waals surface area contributed by atoms with Crippen molar-refractivity contribution in [3.63, 3.8) is 0 Å². The summed E-state index contributed by atoms with van der Waals surface area (Å²) in [5.74, 6) is 2.49. The molecule has 33 heavy (non-hydrogen) atoms. The summed E-state index contributed by atoms with van der Waals surface area (Å²) in [5.41, 5.74) is 3.66. The molecule has 1 aromatic heterocycles. The minimum absolute atomic E-state index is 0.0590. The highest BCUT2D eigenvalue weighted by Gasteiger charge is 2.25. The first kappa shape index (κ1) is 23.5. The predicted octanol–water partition coefficient (Wildman–Crippen LogP) is 4.70. The zero-order valence-corrected chi connectivity index (χ0v) is 20.4. The van der Waals surface area contributed by atoms with Gasteiger partial charge in [-0.1, -0.05) is 37.3 Å². The number of aromatic nitrogens is 2. The Labute approximate surface area is 198 Å². The smallest absolute Gasteiger partial charge is 0.227 e. The van der Waals surface area contributed by atoms with Gasteiger partial charge in [-0.25, -0.2) is 4.98 Å². The summed E-state index contributed by atoms with van der Waals surface area (Å²) in [4.78, 5) is 24.6. The Morgan fingerprint density at radius 2 is 1.79 bits per heavy atom. The van der Waals surface area contributed by atoms with E-state index in [-0.39, 0.29) is 11.8 Å². The normalized spacial score (nSPS) is 21.1. The summed E-state index contributed by atoms with van der Waals surface area (Å²) in [7, 11) is 4.14. The van der Waals surface area contributed by atoms with Gasteiger partial charge in [-0.05, 0) is 69.3 Å². The zero-order chi connectivity index (χ0) is 23.2. The summed E-state index contributed by atoms with van der Waals surface area (Å²) in [5, 5.41) is 6.86. The van der Waals surface area contributed by atoms with E-state index in [1.54, 1.807) is 0 Å². The molecule has 2 aliphatic carbocycles. The first-order valence-electron chi connectivity index (χ1n) is 12.7. The SMILES string of the molecule is CCC(C(=O)NC[C@H]1CC[C@@H](Nc2nc3c(c(N(C)C)n2)CCCC3)CC1)c1ccccc1. The van der Waals surface area contributed by atoms with Crippen LogP contribution in [0, 0.1) is 5.92 Å². The maximum absolute atomic E-state index is 12.8. The van der Waals surface area contributed by atoms with Gasteiger partial charge in [0.2, 0.25) is 11.9 Å². The number of carbonyl (C=O) groups excluding carboxylic acids is 1. The minimum Gasteiger partial charge on any atom is -0.362 e. The molecule has 0 spiro atoms. The highest BCUT2D eigenvalue weighted by molar-refractivity contribution is 5.83. The van der Waals surface area contributed by atoms with Gasteiger partial charge in [-0.15, -0.1) is 0 Å². The number of nitrogens with zero attached hydrogens (tertiary/aromatic N) is 3. The maximum Gasteiger partial charge on any atom is 0.227 e. The molecule has 0 aliphatic heterocycles. The number of nitrogens with one attached hydrogen (secondary N) is 2. The third-order valence-electron chi connectivity index (χ3n) is 7.26. The average Bonchev–Trinajstić information content (AvgIpc) is 2.84. The van der Waals surface area contributed by atoms with Crippen LogP contribution in [0.4, 0.5) is 11.8 Å². The van der Waals surface area contributed by atoms with Crippen LogP contribution in [0.25, 0.3) is 0 Å². The molecule has 6 nitrogen and oxygen atoms in total. The van der Waals surface area contributed by atoms with Gasteiger partial charge in [-0.3, -0.25) is 4.79 Å². The van der Waals surface area contributed by atoms with Crippen molar-refractivity contribution in [2.75, 3.05) is 30.9 Å². The summed E-state index contributed by atoms with van der Waals surface area (Å²) >= 11 is 0. The molecule has 1 saturated carbocycles. The Hall–Kier alpha value is -2.63. The fourth-order valence-corrected chi connectivity index (χ4v) is 5.33. The van der Waals surface area contributed by atoms with Gasteiger partial charge in [0.1, 0.15) is 5.82 Å². The number of benzene rings is 1. The lowest BCUT2D eigenvalue weighted by atomic mass is 9.85. The van der Waals surface area contributed by atoms with Crippen LogP contribution < -0.4 is 15.5 Å². The molecule has 1 aromatic carbocycles. The van der Waals surface area contributed by atoms with Crippen LogP contribution in [0.3, 0.4) is 0 Å². The summed E-state index contributed by atoms with van der Waals surface area (Å²) < 4.78 is 0. The first-order valence-corrected chi connectivity index (χ1v) is 12.7. The molecule has 1 amide bonds. The van der Waals surface area contributed by atoms with Crippen LogP contribution in [0.2, 0.25) is 0 Å². The first-order chi connectivity index (χ1) is 16.0. The highest BCUT2D eigenvalue weighted by atomic mass is 16.1. The highest BCUT2D eigenvalue weighted by Crippen LogP contribution is 2.30. The summed E-state index contributed by atoms with van der Waals surface area (Å²) in [6.45, 7) is 2.85. The second-order valence-electron chi connectivity index (χ2n) is 9.88. The predicted molar refractivity (Wildman–Crippen MR) is 135 cm³/mol. The van der Waals surface area contributed by atoms with Crippen LogP contribution in [0.1, 0.15) is 74.6 Å². The lowest BCUT2D eigenvalue weighted by Gasteiger charge is -2.30. The molecule has 2 N–H and O–H groups in total. The molecule has 1 atom stereocenters. The number of amides is 1. The van der Waals surface area contributed by atoms with Crippen molar-refractivity contribution in [2.24, 2.45) is 5.92 Å². The van der Waals surface area contributed by atoms with Crippen molar-refractivity contribution in [1.82, 2.24) is 15.3 Å². The second kappa shape index (κ2) is 11.0. The number of fused-ring (bicyclic) bond motifs is 1. The second-order valence-corrected chi connectivity index (χ2v) is 9.88. The van der Waals surface area contributed by atoms with Crippen molar-refractivity contribution in [2.45, 2.75) is 76.7 Å². The number of anilines is 2. The molecule has 1 heterocycles. The lowest BCUT2D eigenvalue weighted by molar-refractivity contribution is -0.122. The summed E-state index contributed by atoms with van der Waals surface area (Å²) in [6.07, 6.45) is 9.83. The van der Waals surface area contributed by atoms with E-state index in [1.165, 1.54) is 24.1 Å². The fourth-order valence-electron chi connectivity index (χ4n) is 5.33. The minimum atomic E-state index is -0.0590. The topological polar surface area (TPSA) is 70.2 Å². The van der Waals surface area contributed by atoms with E-state index in [2.05, 4.69) is 48.7 Å². The Morgan fingerprint density at radius 3 is 2.48 bits per heavy atom. The van der Waals surface area contributed by atoms with Gasteiger partial charge in [0.05, 0.1) is 11.6 Å². The van der Waals surface area contributed by atoms with Crippen molar-refractivity contribution in [3.05, 3.63) is 47.2 Å². The molecule has 4 rings (SSSR count). The Bertz CT molecular complexity index is 922. The Balaban J connectivity index is 1.28. The number of aryl methyl sites for hydroxylation is 1. The molecular formula is C27H39N5O. The number of rotatable bonds is 8. The summed E-state index contributed by atoms with van der Waals surface area (Å²) in [6, 6.07) is 10.5. The number of hydrogen-bond acceptors (Lipinski definition) is 5. The molecular weight excluding hydrogens is 410 g/mol. The Kier molecular flexibility index (Phi) is 7.84. The van der Waals surface area contributed by atoms with Gasteiger partial charge < -0.3 is 15.5 Å². The van der Waals surface area contributed by atoms with Crippen LogP contribution >= 0.6 is 0 Å². The van der Waals surface area contributed by atoms with Gasteiger partial charge in [0.15, 0.2) is 0 Å². The van der Waals surface area contributed by atoms with Crippen LogP contribution in [0.5, 0.6) is 0 Å². The molecule has 0 bridgehead atoms. The molecule has 2 aliphatic rings. The molecule has 0 saturated heterocycles. The standard InChI is InChI=1S/C27H39N5O/c1-4-22(20-10-6-5-7-11-20)26(33)28-18-19-14-16-21(17-15-19)29-27-30-24-13-9-8-12-23(24)25(31-27)32(2)3/h5-7,10-11,19,21-22H,4,8-9,12-18H2,1-3H3,(H,28,33)(H,29,30,31)/t19-,21+,22?. The van der Waals surface area contributed by atoms with Gasteiger partial charge in [-0.2, -0.15) is 4.98 Å². The third kappa shape index (κ3) is 5.84. The van der Waals surface area contributed by atoms with E-state index in [4.69, 9.17) is 9.97 Å². The van der Waals surface area contributed by atoms with E-state index in [0.717, 1.165) is 68.8 Å². The number of hydrogen-bond donors (Lipinski definition) is 2. The van der Waals surface area contributed by atoms with Crippen molar-refractivity contribution in [1.29, 1.82) is 0 Å². The van der Waals surface area contributed by atoms with Crippen LogP contribution in [-0.2, 0) is 17.6 Å². The largest absolute Gasteiger partial charge is 0.362 e. The molecule has 1 fully saturated rings. The maximum atomic E-state index is 12.8. The molecule has 0 radical (unpaired) electrons. The molecule has 178 valence electrons. The van der Waals surface area contributed by atoms with Crippen molar-refractivity contribution < 1.29 is 4.79 Å². The van der Waals surface area contributed by atoms with Crippen molar-refractivity contribution >= 4 is 17.7 Å². The van der Waals surface area contributed by atoms with E-state index in [9.17, 15) is 4.79 Å². The number of carbonyl (C=O) groups is 1. The average molecular weight is 450 g/mol. The van der Waals surface area contributed by atoms with E-state index < -0.39 is 0 Å².